The van der Waals surface area contributed by atoms with Crippen LogP contribution >= 0.6 is 11.3 Å². The molecule has 3 rings (SSSR count). The fourth-order valence-corrected chi connectivity index (χ4v) is 2.72. The van der Waals surface area contributed by atoms with Gasteiger partial charge in [-0.3, -0.25) is 0 Å². The molecule has 19 heavy (non-hydrogen) atoms. The number of benzene rings is 1. The van der Waals surface area contributed by atoms with Gasteiger partial charge < -0.3 is 5.73 Å². The number of nitrogens with zero attached hydrogens (tertiary/aromatic N) is 4. The third-order valence-electron chi connectivity index (χ3n) is 2.78. The van der Waals surface area contributed by atoms with Crippen molar-refractivity contribution < 1.29 is 4.39 Å². The van der Waals surface area contributed by atoms with Crippen molar-refractivity contribution in [1.29, 1.82) is 0 Å². The second-order valence-corrected chi connectivity index (χ2v) is 5.50. The zero-order valence-electron chi connectivity index (χ0n) is 10.5. The first-order valence-corrected chi connectivity index (χ1v) is 6.65. The van der Waals surface area contributed by atoms with Gasteiger partial charge in [0.15, 0.2) is 5.82 Å². The number of aromatic nitrogens is 4. The molecule has 2 N–H and O–H groups in total. The monoisotopic (exact) mass is 277 g/mol. The summed E-state index contributed by atoms with van der Waals surface area (Å²) < 4.78 is 14.8. The van der Waals surface area contributed by atoms with E-state index >= 15 is 0 Å². The molecule has 2 aromatic heterocycles. The number of hydrogen-bond donors (Lipinski definition) is 1. The van der Waals surface area contributed by atoms with Gasteiger partial charge in [0.05, 0.1) is 0 Å². The Kier molecular flexibility index (Phi) is 2.70. The lowest BCUT2D eigenvalue weighted by Gasteiger charge is -2.01. The van der Waals surface area contributed by atoms with Crippen molar-refractivity contribution in [3.8, 4) is 10.6 Å². The molecule has 0 saturated carbocycles. The molecule has 0 aliphatic heterocycles. The third-order valence-corrected chi connectivity index (χ3v) is 3.71. The summed E-state index contributed by atoms with van der Waals surface area (Å²) in [5.41, 5.74) is 6.91. The highest BCUT2D eigenvalue weighted by molar-refractivity contribution is 7.19. The first-order valence-electron chi connectivity index (χ1n) is 5.84. The zero-order chi connectivity index (χ0) is 13.6. The molecule has 0 fully saturated rings. The van der Waals surface area contributed by atoms with E-state index in [1.165, 1.54) is 23.5 Å². The van der Waals surface area contributed by atoms with E-state index in [4.69, 9.17) is 5.73 Å². The summed E-state index contributed by atoms with van der Waals surface area (Å²) in [4.78, 5) is 0.711. The van der Waals surface area contributed by atoms with Crippen molar-refractivity contribution in [2.45, 2.75) is 19.8 Å². The van der Waals surface area contributed by atoms with Crippen LogP contribution in [0.4, 0.5) is 10.1 Å². The van der Waals surface area contributed by atoms with Gasteiger partial charge in [-0.05, 0) is 18.2 Å². The van der Waals surface area contributed by atoms with Crippen molar-refractivity contribution in [2.24, 2.45) is 0 Å². The van der Waals surface area contributed by atoms with Gasteiger partial charge in [-0.25, -0.2) is 4.39 Å². The van der Waals surface area contributed by atoms with Crippen LogP contribution in [0.3, 0.4) is 0 Å². The fourth-order valence-electron chi connectivity index (χ4n) is 1.83. The number of rotatable bonds is 2. The lowest BCUT2D eigenvalue weighted by Crippen LogP contribution is -1.98. The molecule has 0 saturated heterocycles. The van der Waals surface area contributed by atoms with E-state index in [0.717, 1.165) is 5.82 Å². The molecule has 0 radical (unpaired) electrons. The Balaban J connectivity index is 2.15. The van der Waals surface area contributed by atoms with Crippen LogP contribution in [-0.2, 0) is 0 Å². The zero-order valence-corrected chi connectivity index (χ0v) is 11.3. The minimum atomic E-state index is -0.355. The number of anilines is 1. The van der Waals surface area contributed by atoms with Crippen molar-refractivity contribution in [2.75, 3.05) is 5.73 Å². The molecule has 5 nitrogen and oxygen atoms in total. The fraction of sp³-hybridized carbons (Fsp3) is 0.250. The molecule has 0 bridgehead atoms. The molecule has 0 amide bonds. The summed E-state index contributed by atoms with van der Waals surface area (Å²) in [5.74, 6) is 0.681. The minimum absolute atomic E-state index is 0.232. The van der Waals surface area contributed by atoms with Gasteiger partial charge in [-0.15, -0.1) is 10.2 Å². The largest absolute Gasteiger partial charge is 0.398 e. The topological polar surface area (TPSA) is 69.1 Å². The van der Waals surface area contributed by atoms with Crippen LogP contribution in [0.25, 0.3) is 15.5 Å². The second kappa shape index (κ2) is 4.27. The predicted molar refractivity (Wildman–Crippen MR) is 72.6 cm³/mol. The quantitative estimate of drug-likeness (QED) is 0.731. The van der Waals surface area contributed by atoms with Crippen molar-refractivity contribution in [3.63, 3.8) is 0 Å². The average molecular weight is 277 g/mol. The maximum absolute atomic E-state index is 13.1. The van der Waals surface area contributed by atoms with Crippen LogP contribution in [-0.4, -0.2) is 19.8 Å². The van der Waals surface area contributed by atoms with E-state index in [-0.39, 0.29) is 11.7 Å². The van der Waals surface area contributed by atoms with Crippen LogP contribution < -0.4 is 5.73 Å². The Morgan fingerprint density at radius 3 is 2.79 bits per heavy atom. The number of halogens is 1. The molecule has 98 valence electrons. The maximum atomic E-state index is 13.1. The van der Waals surface area contributed by atoms with E-state index in [1.807, 2.05) is 13.8 Å². The third kappa shape index (κ3) is 1.95. The van der Waals surface area contributed by atoms with Crippen LogP contribution in [0.15, 0.2) is 18.2 Å². The summed E-state index contributed by atoms with van der Waals surface area (Å²) >= 11 is 1.38. The Labute approximate surface area is 112 Å². The summed E-state index contributed by atoms with van der Waals surface area (Å²) in [6.07, 6.45) is 0. The molecule has 0 aliphatic rings. The standard InChI is InChI=1S/C12H12FN5S/c1-6(2)10-15-16-12-18(10)17-11(19-12)8-4-3-7(13)5-9(8)14/h3-6H,14H2,1-2H3. The second-order valence-electron chi connectivity index (χ2n) is 4.55. The molecule has 7 heteroatoms. The Morgan fingerprint density at radius 1 is 1.32 bits per heavy atom. The molecule has 3 aromatic rings. The van der Waals surface area contributed by atoms with Gasteiger partial charge >= 0.3 is 0 Å². The number of nitrogen functional groups attached to an aromatic ring is 1. The highest BCUT2D eigenvalue weighted by Gasteiger charge is 2.16. The smallest absolute Gasteiger partial charge is 0.234 e. The Morgan fingerprint density at radius 2 is 2.11 bits per heavy atom. The van der Waals surface area contributed by atoms with Crippen LogP contribution in [0.1, 0.15) is 25.6 Å². The summed E-state index contributed by atoms with van der Waals surface area (Å²) in [6, 6.07) is 4.30. The van der Waals surface area contributed by atoms with E-state index in [9.17, 15) is 4.39 Å². The SMILES string of the molecule is CC(C)c1nnc2sc(-c3ccc(F)cc3N)nn12. The average Bonchev–Trinajstić information content (AvgIpc) is 2.87. The van der Waals surface area contributed by atoms with Crippen molar-refractivity contribution in [1.82, 2.24) is 19.8 Å². The van der Waals surface area contributed by atoms with Gasteiger partial charge in [-0.2, -0.15) is 9.61 Å². The molecular formula is C12H12FN5S. The van der Waals surface area contributed by atoms with E-state index in [2.05, 4.69) is 15.3 Å². The summed E-state index contributed by atoms with van der Waals surface area (Å²) in [7, 11) is 0. The molecule has 2 heterocycles. The van der Waals surface area contributed by atoms with Crippen LogP contribution in [0.2, 0.25) is 0 Å². The summed E-state index contributed by atoms with van der Waals surface area (Å²) in [6.45, 7) is 4.06. The Hall–Kier alpha value is -2.02. The molecule has 0 atom stereocenters. The van der Waals surface area contributed by atoms with Crippen molar-refractivity contribution in [3.05, 3.63) is 29.8 Å². The molecule has 0 spiro atoms. The van der Waals surface area contributed by atoms with Gasteiger partial charge in [-0.1, -0.05) is 25.2 Å². The lowest BCUT2D eigenvalue weighted by molar-refractivity contribution is 0.628. The van der Waals surface area contributed by atoms with Crippen molar-refractivity contribution >= 4 is 22.0 Å². The summed E-state index contributed by atoms with van der Waals surface area (Å²) in [5, 5.41) is 13.4. The van der Waals surface area contributed by atoms with E-state index in [1.54, 1.807) is 10.6 Å². The highest BCUT2D eigenvalue weighted by Crippen LogP contribution is 2.31. The maximum Gasteiger partial charge on any atom is 0.234 e. The van der Waals surface area contributed by atoms with Gasteiger partial charge in [0, 0.05) is 17.2 Å². The van der Waals surface area contributed by atoms with Gasteiger partial charge in [0.25, 0.3) is 0 Å². The normalized spacial score (nSPS) is 11.6. The highest BCUT2D eigenvalue weighted by atomic mass is 32.1. The molecular weight excluding hydrogens is 265 g/mol. The number of hydrogen-bond acceptors (Lipinski definition) is 5. The number of nitrogens with two attached hydrogens (primary N) is 1. The van der Waals surface area contributed by atoms with E-state index < -0.39 is 0 Å². The molecule has 0 unspecified atom stereocenters. The minimum Gasteiger partial charge on any atom is -0.398 e. The van der Waals surface area contributed by atoms with Crippen LogP contribution in [0.5, 0.6) is 0 Å². The van der Waals surface area contributed by atoms with Crippen LogP contribution in [0, 0.1) is 5.82 Å². The first-order chi connectivity index (χ1) is 9.06. The number of fused-ring (bicyclic) bond motifs is 1. The van der Waals surface area contributed by atoms with E-state index in [0.29, 0.717) is 21.2 Å². The van der Waals surface area contributed by atoms with Gasteiger partial charge in [0.1, 0.15) is 10.8 Å². The van der Waals surface area contributed by atoms with Gasteiger partial charge in [0.2, 0.25) is 4.96 Å². The lowest BCUT2D eigenvalue weighted by atomic mass is 10.2. The molecule has 1 aromatic carbocycles. The first kappa shape index (κ1) is 12.0. The predicted octanol–water partition coefficient (Wildman–Crippen LogP) is 2.70. The molecule has 0 aliphatic carbocycles. The Bertz CT molecular complexity index is 746.